The summed E-state index contributed by atoms with van der Waals surface area (Å²) in [5, 5.41) is 6.90. The number of nitrogens with one attached hydrogen (secondary N) is 2. The molecule has 2 rings (SSSR count). The van der Waals surface area contributed by atoms with E-state index in [1.54, 1.807) is 10.9 Å². The molecule has 0 spiro atoms. The topological polar surface area (TPSA) is 92.7 Å². The van der Waals surface area contributed by atoms with E-state index in [1.165, 1.54) is 6.20 Å². The molecule has 0 bridgehead atoms. The molecule has 0 aliphatic carbocycles. The molecule has 1 amide bonds. The molecule has 2 N–H and O–H groups in total. The minimum absolute atomic E-state index is 0.0287. The molecule has 7 heteroatoms. The Morgan fingerprint density at radius 1 is 1.47 bits per heavy atom. The Morgan fingerprint density at radius 2 is 2.26 bits per heavy atom. The van der Waals surface area contributed by atoms with Gasteiger partial charge >= 0.3 is 0 Å². The number of carbonyl (C=O) groups excluding carboxylic acids is 1. The SMILES string of the molecule is Cc1cnn(C(C)CNC(=O)c2cncc(=O)[nH]2)c1. The lowest BCUT2D eigenvalue weighted by Gasteiger charge is -2.13. The Morgan fingerprint density at radius 3 is 2.89 bits per heavy atom. The molecule has 0 aliphatic rings. The fourth-order valence-corrected chi connectivity index (χ4v) is 1.60. The van der Waals surface area contributed by atoms with Gasteiger partial charge in [-0.25, -0.2) is 0 Å². The first-order valence-corrected chi connectivity index (χ1v) is 5.89. The fraction of sp³-hybridized carbons (Fsp3) is 0.333. The zero-order valence-electron chi connectivity index (χ0n) is 10.8. The lowest BCUT2D eigenvalue weighted by Crippen LogP contribution is -2.31. The molecule has 0 aliphatic heterocycles. The van der Waals surface area contributed by atoms with Crippen LogP contribution in [0.5, 0.6) is 0 Å². The third-order valence-electron chi connectivity index (χ3n) is 2.64. The van der Waals surface area contributed by atoms with E-state index in [2.05, 4.69) is 20.4 Å². The van der Waals surface area contributed by atoms with Crippen molar-refractivity contribution in [1.29, 1.82) is 0 Å². The van der Waals surface area contributed by atoms with Crippen LogP contribution in [0.4, 0.5) is 0 Å². The summed E-state index contributed by atoms with van der Waals surface area (Å²) < 4.78 is 1.78. The summed E-state index contributed by atoms with van der Waals surface area (Å²) in [5.74, 6) is -0.360. The highest BCUT2D eigenvalue weighted by molar-refractivity contribution is 5.91. The average Bonchev–Trinajstić information content (AvgIpc) is 2.82. The maximum Gasteiger partial charge on any atom is 0.269 e. The predicted octanol–water partition coefficient (Wildman–Crippen LogP) is 0.266. The van der Waals surface area contributed by atoms with Crippen LogP contribution in [0.3, 0.4) is 0 Å². The Kier molecular flexibility index (Phi) is 3.74. The summed E-state index contributed by atoms with van der Waals surface area (Å²) in [4.78, 5) is 28.9. The van der Waals surface area contributed by atoms with Crippen LogP contribution in [-0.4, -0.2) is 32.2 Å². The van der Waals surface area contributed by atoms with Gasteiger partial charge in [0.2, 0.25) is 0 Å². The van der Waals surface area contributed by atoms with Crippen LogP contribution in [-0.2, 0) is 0 Å². The molecule has 0 saturated heterocycles. The van der Waals surface area contributed by atoms with Crippen LogP contribution in [0.2, 0.25) is 0 Å². The first kappa shape index (κ1) is 13.0. The van der Waals surface area contributed by atoms with Crippen LogP contribution in [0.25, 0.3) is 0 Å². The number of nitrogens with zero attached hydrogens (tertiary/aromatic N) is 3. The van der Waals surface area contributed by atoms with Crippen LogP contribution < -0.4 is 10.9 Å². The van der Waals surface area contributed by atoms with Crippen LogP contribution in [0.15, 0.2) is 29.6 Å². The first-order valence-electron chi connectivity index (χ1n) is 5.89. The Hall–Kier alpha value is -2.44. The van der Waals surface area contributed by atoms with Crippen molar-refractivity contribution in [1.82, 2.24) is 25.1 Å². The van der Waals surface area contributed by atoms with Gasteiger partial charge in [0.1, 0.15) is 5.69 Å². The number of aromatic amines is 1. The van der Waals surface area contributed by atoms with E-state index in [0.717, 1.165) is 11.8 Å². The summed E-state index contributed by atoms with van der Waals surface area (Å²) in [7, 11) is 0. The largest absolute Gasteiger partial charge is 0.349 e. The number of rotatable bonds is 4. The van der Waals surface area contributed by atoms with Gasteiger partial charge in [-0.1, -0.05) is 0 Å². The molecule has 2 aromatic rings. The van der Waals surface area contributed by atoms with Crippen LogP contribution >= 0.6 is 0 Å². The maximum atomic E-state index is 11.8. The molecule has 0 fully saturated rings. The van der Waals surface area contributed by atoms with E-state index in [-0.39, 0.29) is 17.6 Å². The number of hydrogen-bond acceptors (Lipinski definition) is 4. The van der Waals surface area contributed by atoms with E-state index in [1.807, 2.05) is 20.0 Å². The van der Waals surface area contributed by atoms with E-state index in [9.17, 15) is 9.59 Å². The standard InChI is InChI=1S/C12H15N5O2/c1-8-3-15-17(7-8)9(2)4-14-12(19)10-5-13-6-11(18)16-10/h3,5-7,9H,4H2,1-2H3,(H,14,19)(H,16,18). The third kappa shape index (κ3) is 3.27. The summed E-state index contributed by atoms with van der Waals surface area (Å²) >= 11 is 0. The fourth-order valence-electron chi connectivity index (χ4n) is 1.60. The molecule has 0 saturated carbocycles. The molecule has 100 valence electrons. The zero-order chi connectivity index (χ0) is 13.8. The molecule has 2 aromatic heterocycles. The van der Waals surface area contributed by atoms with Gasteiger partial charge < -0.3 is 10.3 Å². The first-order chi connectivity index (χ1) is 9.06. The summed E-state index contributed by atoms with van der Waals surface area (Å²) in [6, 6.07) is 0.0287. The number of carbonyl (C=O) groups is 1. The molecule has 1 unspecified atom stereocenters. The van der Waals surface area contributed by atoms with Gasteiger partial charge in [-0.2, -0.15) is 5.10 Å². The number of aromatic nitrogens is 4. The smallest absolute Gasteiger partial charge is 0.269 e. The van der Waals surface area contributed by atoms with Gasteiger partial charge in [0.15, 0.2) is 0 Å². The molecular formula is C12H15N5O2. The molecule has 1 atom stereocenters. The van der Waals surface area contributed by atoms with Crippen molar-refractivity contribution in [3.05, 3.63) is 46.4 Å². The lowest BCUT2D eigenvalue weighted by atomic mass is 10.3. The zero-order valence-corrected chi connectivity index (χ0v) is 10.8. The van der Waals surface area contributed by atoms with Crippen molar-refractivity contribution in [2.75, 3.05) is 6.54 Å². The van der Waals surface area contributed by atoms with E-state index in [4.69, 9.17) is 0 Å². The maximum absolute atomic E-state index is 11.8. The number of aryl methyl sites for hydroxylation is 1. The van der Waals surface area contributed by atoms with Gasteiger partial charge in [-0.3, -0.25) is 19.3 Å². The van der Waals surface area contributed by atoms with E-state index >= 15 is 0 Å². The van der Waals surface area contributed by atoms with Crippen LogP contribution in [0, 0.1) is 6.92 Å². The predicted molar refractivity (Wildman–Crippen MR) is 68.9 cm³/mol. The second kappa shape index (κ2) is 5.47. The molecule has 19 heavy (non-hydrogen) atoms. The highest BCUT2D eigenvalue weighted by Crippen LogP contribution is 2.04. The van der Waals surface area contributed by atoms with Crippen molar-refractivity contribution in [3.8, 4) is 0 Å². The van der Waals surface area contributed by atoms with Crippen LogP contribution in [0.1, 0.15) is 29.0 Å². The lowest BCUT2D eigenvalue weighted by molar-refractivity contribution is 0.0942. The summed E-state index contributed by atoms with van der Waals surface area (Å²) in [6.07, 6.45) is 6.10. The highest BCUT2D eigenvalue weighted by Gasteiger charge is 2.10. The normalized spacial score (nSPS) is 12.1. The van der Waals surface area contributed by atoms with Crippen molar-refractivity contribution in [2.45, 2.75) is 19.9 Å². The second-order valence-corrected chi connectivity index (χ2v) is 4.37. The third-order valence-corrected chi connectivity index (χ3v) is 2.64. The van der Waals surface area contributed by atoms with Gasteiger partial charge in [0.25, 0.3) is 11.5 Å². The molecular weight excluding hydrogens is 246 g/mol. The summed E-state index contributed by atoms with van der Waals surface area (Å²) in [6.45, 7) is 4.31. The second-order valence-electron chi connectivity index (χ2n) is 4.37. The minimum atomic E-state index is -0.400. The van der Waals surface area contributed by atoms with Crippen molar-refractivity contribution < 1.29 is 4.79 Å². The van der Waals surface area contributed by atoms with Gasteiger partial charge in [-0.15, -0.1) is 0 Å². The quantitative estimate of drug-likeness (QED) is 0.826. The Bertz CT molecular complexity index is 631. The van der Waals surface area contributed by atoms with Gasteiger partial charge in [0, 0.05) is 12.7 Å². The molecule has 0 aromatic carbocycles. The van der Waals surface area contributed by atoms with Crippen molar-refractivity contribution in [2.24, 2.45) is 0 Å². The van der Waals surface area contributed by atoms with Gasteiger partial charge in [-0.05, 0) is 19.4 Å². The van der Waals surface area contributed by atoms with Crippen molar-refractivity contribution in [3.63, 3.8) is 0 Å². The highest BCUT2D eigenvalue weighted by atomic mass is 16.2. The molecule has 0 radical (unpaired) electrons. The summed E-state index contributed by atoms with van der Waals surface area (Å²) in [5.41, 5.74) is 0.814. The van der Waals surface area contributed by atoms with E-state index < -0.39 is 5.56 Å². The monoisotopic (exact) mass is 261 g/mol. The molecule has 2 heterocycles. The number of amides is 1. The average molecular weight is 261 g/mol. The van der Waals surface area contributed by atoms with E-state index in [0.29, 0.717) is 6.54 Å². The molecule has 7 nitrogen and oxygen atoms in total. The Labute approximate surface area is 109 Å². The number of H-pyrrole nitrogens is 1. The Balaban J connectivity index is 1.95. The number of hydrogen-bond donors (Lipinski definition) is 2. The van der Waals surface area contributed by atoms with Crippen molar-refractivity contribution >= 4 is 5.91 Å². The minimum Gasteiger partial charge on any atom is -0.349 e. The van der Waals surface area contributed by atoms with Gasteiger partial charge in [0.05, 0.1) is 24.6 Å².